The van der Waals surface area contributed by atoms with Crippen LogP contribution in [0.5, 0.6) is 0 Å². The van der Waals surface area contributed by atoms with E-state index in [2.05, 4.69) is 39.5 Å². The Bertz CT molecular complexity index is 253. The van der Waals surface area contributed by atoms with Crippen molar-refractivity contribution in [3.63, 3.8) is 0 Å². The van der Waals surface area contributed by atoms with Crippen molar-refractivity contribution in [2.75, 3.05) is 0 Å². The van der Waals surface area contributed by atoms with Crippen LogP contribution in [-0.4, -0.2) is 0 Å². The highest BCUT2D eigenvalue weighted by molar-refractivity contribution is 5.31. The molecule has 78 valence electrons. The second-order valence-electron chi connectivity index (χ2n) is 4.49. The molecule has 0 nitrogen and oxygen atoms in total. The first-order chi connectivity index (χ1) is 6.67. The summed E-state index contributed by atoms with van der Waals surface area (Å²) in [7, 11) is 0. The first-order valence-electron chi connectivity index (χ1n) is 5.69. The summed E-state index contributed by atoms with van der Waals surface area (Å²) < 4.78 is 0. The molecule has 0 aromatic carbocycles. The molecular weight excluding hydrogens is 168 g/mol. The summed E-state index contributed by atoms with van der Waals surface area (Å²) in [5.41, 5.74) is 3.07. The molecule has 0 heteroatoms. The summed E-state index contributed by atoms with van der Waals surface area (Å²) in [5.74, 6) is 1.41. The molecular formula is C14H22. The van der Waals surface area contributed by atoms with Crippen molar-refractivity contribution in [2.24, 2.45) is 11.8 Å². The van der Waals surface area contributed by atoms with E-state index in [1.165, 1.54) is 18.4 Å². The van der Waals surface area contributed by atoms with E-state index < -0.39 is 0 Å². The minimum absolute atomic E-state index is 0.657. The third-order valence-corrected chi connectivity index (χ3v) is 2.92. The molecule has 0 amide bonds. The molecule has 0 aromatic heterocycles. The largest absolute Gasteiger partial charge is 0.103 e. The molecule has 0 saturated heterocycles. The van der Waals surface area contributed by atoms with Crippen molar-refractivity contribution in [1.82, 2.24) is 0 Å². The molecule has 1 unspecified atom stereocenters. The lowest BCUT2D eigenvalue weighted by Gasteiger charge is -2.22. The van der Waals surface area contributed by atoms with Gasteiger partial charge in [0.05, 0.1) is 0 Å². The van der Waals surface area contributed by atoms with Gasteiger partial charge in [0.15, 0.2) is 0 Å². The van der Waals surface area contributed by atoms with Crippen LogP contribution in [-0.2, 0) is 0 Å². The van der Waals surface area contributed by atoms with Crippen LogP contribution in [0.3, 0.4) is 0 Å². The number of rotatable bonds is 4. The molecule has 0 spiro atoms. The van der Waals surface area contributed by atoms with Crippen LogP contribution in [0.2, 0.25) is 0 Å². The van der Waals surface area contributed by atoms with Gasteiger partial charge in [0.2, 0.25) is 0 Å². The fourth-order valence-corrected chi connectivity index (χ4v) is 1.96. The van der Waals surface area contributed by atoms with Gasteiger partial charge in [0, 0.05) is 0 Å². The monoisotopic (exact) mass is 190 g/mol. The van der Waals surface area contributed by atoms with E-state index >= 15 is 0 Å². The van der Waals surface area contributed by atoms with E-state index in [0.29, 0.717) is 5.92 Å². The topological polar surface area (TPSA) is 0 Å². The maximum atomic E-state index is 3.82. The van der Waals surface area contributed by atoms with E-state index in [4.69, 9.17) is 0 Å². The third-order valence-electron chi connectivity index (χ3n) is 2.92. The van der Waals surface area contributed by atoms with Crippen LogP contribution in [0.1, 0.15) is 40.0 Å². The van der Waals surface area contributed by atoms with Crippen LogP contribution in [0, 0.1) is 11.8 Å². The van der Waals surface area contributed by atoms with Crippen molar-refractivity contribution in [3.05, 3.63) is 36.0 Å². The third kappa shape index (κ3) is 2.87. The summed E-state index contributed by atoms with van der Waals surface area (Å²) in [4.78, 5) is 0. The Balaban J connectivity index is 2.80. The van der Waals surface area contributed by atoms with Crippen LogP contribution >= 0.6 is 0 Å². The van der Waals surface area contributed by atoms with Crippen LogP contribution in [0.15, 0.2) is 36.0 Å². The molecule has 1 atom stereocenters. The van der Waals surface area contributed by atoms with Gasteiger partial charge in [-0.15, -0.1) is 6.58 Å². The van der Waals surface area contributed by atoms with Gasteiger partial charge in [-0.2, -0.15) is 0 Å². The molecule has 0 radical (unpaired) electrons. The maximum absolute atomic E-state index is 3.82. The molecule has 0 saturated carbocycles. The second-order valence-corrected chi connectivity index (χ2v) is 4.49. The molecule has 0 aliphatic heterocycles. The Kier molecular flexibility index (Phi) is 4.19. The first-order valence-corrected chi connectivity index (χ1v) is 5.69. The fraction of sp³-hybridized carbons (Fsp3) is 0.571. The lowest BCUT2D eigenvalue weighted by molar-refractivity contribution is 0.589. The van der Waals surface area contributed by atoms with Crippen molar-refractivity contribution in [1.29, 1.82) is 0 Å². The zero-order valence-corrected chi connectivity index (χ0v) is 9.72. The predicted octanol–water partition coefficient (Wildman–Crippen LogP) is 4.50. The standard InChI is InChI=1S/C14H22/c1-5-7-13-8-12(6-2)9-14(10-13)11(3)4/h5,9-12H,1,6-8H2,2-4H3. The Hall–Kier alpha value is -0.780. The van der Waals surface area contributed by atoms with Gasteiger partial charge in [-0.05, 0) is 36.7 Å². The number of allylic oxidation sites excluding steroid dienone is 5. The fourth-order valence-electron chi connectivity index (χ4n) is 1.96. The molecule has 0 fully saturated rings. The van der Waals surface area contributed by atoms with Crippen molar-refractivity contribution >= 4 is 0 Å². The number of hydrogen-bond donors (Lipinski definition) is 0. The SMILES string of the molecule is C=CCC1=CC(C(C)C)=CC(CC)C1. The van der Waals surface area contributed by atoms with Crippen LogP contribution in [0.25, 0.3) is 0 Å². The van der Waals surface area contributed by atoms with Gasteiger partial charge in [0.25, 0.3) is 0 Å². The van der Waals surface area contributed by atoms with E-state index in [-0.39, 0.29) is 0 Å². The first kappa shape index (κ1) is 11.3. The second kappa shape index (κ2) is 5.19. The van der Waals surface area contributed by atoms with E-state index in [9.17, 15) is 0 Å². The molecule has 0 heterocycles. The molecule has 1 aliphatic rings. The lowest BCUT2D eigenvalue weighted by atomic mass is 9.84. The molecule has 0 aromatic rings. The average Bonchev–Trinajstić information content (AvgIpc) is 2.17. The highest BCUT2D eigenvalue weighted by atomic mass is 14.2. The average molecular weight is 190 g/mol. The van der Waals surface area contributed by atoms with Gasteiger partial charge >= 0.3 is 0 Å². The van der Waals surface area contributed by atoms with Gasteiger partial charge in [-0.1, -0.05) is 44.6 Å². The highest BCUT2D eigenvalue weighted by Crippen LogP contribution is 2.30. The summed E-state index contributed by atoms with van der Waals surface area (Å²) >= 11 is 0. The van der Waals surface area contributed by atoms with E-state index in [1.54, 1.807) is 5.57 Å². The predicted molar refractivity (Wildman–Crippen MR) is 64.2 cm³/mol. The van der Waals surface area contributed by atoms with Crippen molar-refractivity contribution < 1.29 is 0 Å². The summed E-state index contributed by atoms with van der Waals surface area (Å²) in [6, 6.07) is 0. The molecule has 0 bridgehead atoms. The minimum Gasteiger partial charge on any atom is -0.103 e. The molecule has 1 aliphatic carbocycles. The van der Waals surface area contributed by atoms with Gasteiger partial charge in [0.1, 0.15) is 0 Å². The number of hydrogen-bond acceptors (Lipinski definition) is 0. The normalized spacial score (nSPS) is 21.9. The zero-order valence-electron chi connectivity index (χ0n) is 9.72. The summed E-state index contributed by atoms with van der Waals surface area (Å²) in [5, 5.41) is 0. The Morgan fingerprint density at radius 3 is 2.79 bits per heavy atom. The molecule has 1 rings (SSSR count). The quantitative estimate of drug-likeness (QED) is 0.572. The van der Waals surface area contributed by atoms with Gasteiger partial charge in [-0.25, -0.2) is 0 Å². The summed E-state index contributed by atoms with van der Waals surface area (Å²) in [6.07, 6.45) is 10.4. The van der Waals surface area contributed by atoms with Crippen LogP contribution in [0.4, 0.5) is 0 Å². The Morgan fingerprint density at radius 1 is 1.57 bits per heavy atom. The maximum Gasteiger partial charge on any atom is -0.0138 e. The van der Waals surface area contributed by atoms with Crippen LogP contribution < -0.4 is 0 Å². The van der Waals surface area contributed by atoms with E-state index in [0.717, 1.165) is 12.3 Å². The van der Waals surface area contributed by atoms with Crippen molar-refractivity contribution in [2.45, 2.75) is 40.0 Å². The highest BCUT2D eigenvalue weighted by Gasteiger charge is 2.14. The lowest BCUT2D eigenvalue weighted by Crippen LogP contribution is -2.06. The zero-order chi connectivity index (χ0) is 10.6. The van der Waals surface area contributed by atoms with Gasteiger partial charge in [-0.3, -0.25) is 0 Å². The van der Waals surface area contributed by atoms with Gasteiger partial charge < -0.3 is 0 Å². The van der Waals surface area contributed by atoms with Crippen molar-refractivity contribution in [3.8, 4) is 0 Å². The molecule has 14 heavy (non-hydrogen) atoms. The summed E-state index contributed by atoms with van der Waals surface area (Å²) in [6.45, 7) is 10.6. The Labute approximate surface area is 88.4 Å². The Morgan fingerprint density at radius 2 is 2.29 bits per heavy atom. The molecule has 0 N–H and O–H groups in total. The minimum atomic E-state index is 0.657. The van der Waals surface area contributed by atoms with E-state index in [1.807, 2.05) is 6.08 Å². The smallest absolute Gasteiger partial charge is 0.0138 e.